The summed E-state index contributed by atoms with van der Waals surface area (Å²) in [5.41, 5.74) is 0.107. The number of amides is 1. The number of alkyl halides is 2. The first-order chi connectivity index (χ1) is 7.25. The van der Waals surface area contributed by atoms with E-state index in [2.05, 4.69) is 0 Å². The molecule has 0 bridgehead atoms. The molecular weight excluding hydrogens is 240 g/mol. The Hall–Kier alpha value is -1.50. The fraction of sp³-hybridized carbons (Fsp3) is 0.222. The van der Waals surface area contributed by atoms with Crippen LogP contribution in [0.25, 0.3) is 0 Å². The van der Waals surface area contributed by atoms with Crippen LogP contribution < -0.4 is 5.32 Å². The van der Waals surface area contributed by atoms with Crippen molar-refractivity contribution in [3.05, 3.63) is 30.3 Å². The van der Waals surface area contributed by atoms with Gasteiger partial charge in [0, 0.05) is 11.9 Å². The Balaban J connectivity index is 2.90. The third-order valence-electron chi connectivity index (χ3n) is 1.76. The fourth-order valence-electron chi connectivity index (χ4n) is 0.894. The highest BCUT2D eigenvalue weighted by Crippen LogP contribution is 2.22. The lowest BCUT2D eigenvalue weighted by Crippen LogP contribution is -2.41. The summed E-state index contributed by atoms with van der Waals surface area (Å²) in [6.07, 6.45) is 0.303. The van der Waals surface area contributed by atoms with E-state index in [1.165, 1.54) is 24.3 Å². The molecule has 16 heavy (non-hydrogen) atoms. The van der Waals surface area contributed by atoms with Crippen LogP contribution >= 0.6 is 0 Å². The minimum Gasteiger partial charge on any atom is -0.320 e. The molecule has 0 aromatic heterocycles. The smallest absolute Gasteiger partial charge is 0.320 e. The summed E-state index contributed by atoms with van der Waals surface area (Å²) in [5, 5.41) is -2.61. The van der Waals surface area contributed by atoms with E-state index in [1.54, 1.807) is 6.07 Å². The van der Waals surface area contributed by atoms with Gasteiger partial charge in [0.05, 0.1) is 0 Å². The number of benzene rings is 1. The van der Waals surface area contributed by atoms with E-state index < -0.39 is 21.0 Å². The van der Waals surface area contributed by atoms with Gasteiger partial charge >= 0.3 is 11.2 Å². The van der Waals surface area contributed by atoms with Crippen LogP contribution in [0.5, 0.6) is 0 Å². The molecule has 1 aromatic rings. The van der Waals surface area contributed by atoms with Gasteiger partial charge in [-0.2, -0.15) is 8.78 Å². The van der Waals surface area contributed by atoms with Crippen molar-refractivity contribution < 1.29 is 22.0 Å². The van der Waals surface area contributed by atoms with Crippen molar-refractivity contribution in [1.82, 2.24) is 0 Å². The van der Waals surface area contributed by atoms with Crippen molar-refractivity contribution in [3.63, 3.8) is 0 Å². The van der Waals surface area contributed by atoms with E-state index in [1.807, 2.05) is 5.32 Å². The first kappa shape index (κ1) is 12.6. The average Bonchev–Trinajstić information content (AvgIpc) is 2.17. The van der Waals surface area contributed by atoms with E-state index in [0.717, 1.165) is 0 Å². The third kappa shape index (κ3) is 2.54. The maximum absolute atomic E-state index is 13.0. The first-order valence-electron chi connectivity index (χ1n) is 4.19. The standard InChI is InChI=1S/C9H9F2NO3S/c1-16(14,15)9(10,11)8(13)12-7-5-3-2-4-6-7/h2-6H,1H3,(H,12,13). The predicted molar refractivity (Wildman–Crippen MR) is 54.9 cm³/mol. The van der Waals surface area contributed by atoms with Gasteiger partial charge in [0.25, 0.3) is 0 Å². The van der Waals surface area contributed by atoms with Gasteiger partial charge in [0.15, 0.2) is 0 Å². The highest BCUT2D eigenvalue weighted by Gasteiger charge is 2.49. The van der Waals surface area contributed by atoms with E-state index >= 15 is 0 Å². The second-order valence-corrected chi connectivity index (χ2v) is 5.17. The van der Waals surface area contributed by atoms with Crippen LogP contribution in [0.2, 0.25) is 0 Å². The number of hydrogen-bond acceptors (Lipinski definition) is 3. The van der Waals surface area contributed by atoms with Crippen molar-refractivity contribution in [2.24, 2.45) is 0 Å². The molecule has 0 radical (unpaired) electrons. The molecule has 0 atom stereocenters. The van der Waals surface area contributed by atoms with Gasteiger partial charge in [-0.3, -0.25) is 4.79 Å². The molecule has 7 heteroatoms. The summed E-state index contributed by atoms with van der Waals surface area (Å²) < 4.78 is 47.4. The summed E-state index contributed by atoms with van der Waals surface area (Å²) in [6, 6.07) is 7.42. The number of anilines is 1. The van der Waals surface area contributed by atoms with Crippen LogP contribution in [0, 0.1) is 0 Å². The number of carbonyl (C=O) groups is 1. The van der Waals surface area contributed by atoms with Crippen LogP contribution in [-0.4, -0.2) is 25.8 Å². The van der Waals surface area contributed by atoms with Crippen LogP contribution in [-0.2, 0) is 14.6 Å². The molecule has 0 spiro atoms. The average molecular weight is 249 g/mol. The number of rotatable bonds is 3. The van der Waals surface area contributed by atoms with Crippen LogP contribution in [0.15, 0.2) is 30.3 Å². The quantitative estimate of drug-likeness (QED) is 0.877. The Morgan fingerprint density at radius 3 is 2.19 bits per heavy atom. The molecule has 4 nitrogen and oxygen atoms in total. The van der Waals surface area contributed by atoms with Gasteiger partial charge in [0.1, 0.15) is 0 Å². The molecular formula is C9H9F2NO3S. The van der Waals surface area contributed by atoms with E-state index in [4.69, 9.17) is 0 Å². The fourth-order valence-corrected chi connectivity index (χ4v) is 1.28. The Morgan fingerprint density at radius 2 is 1.75 bits per heavy atom. The van der Waals surface area contributed by atoms with E-state index in [9.17, 15) is 22.0 Å². The largest absolute Gasteiger partial charge is 0.421 e. The van der Waals surface area contributed by atoms with Crippen molar-refractivity contribution in [3.8, 4) is 0 Å². The van der Waals surface area contributed by atoms with Crippen LogP contribution in [0.4, 0.5) is 14.5 Å². The number of sulfone groups is 1. The Bertz CT molecular complexity index is 485. The summed E-state index contributed by atoms with van der Waals surface area (Å²) in [5.74, 6) is -1.86. The molecule has 1 rings (SSSR count). The zero-order chi connectivity index (χ0) is 12.4. The number of carbonyl (C=O) groups excluding carboxylic acids is 1. The van der Waals surface area contributed by atoms with Gasteiger partial charge in [-0.25, -0.2) is 8.42 Å². The van der Waals surface area contributed by atoms with Crippen LogP contribution in [0.3, 0.4) is 0 Å². The molecule has 0 saturated carbocycles. The second kappa shape index (κ2) is 4.17. The molecule has 1 N–H and O–H groups in total. The minimum atomic E-state index is -4.77. The van der Waals surface area contributed by atoms with Gasteiger partial charge in [-0.05, 0) is 12.1 Å². The molecule has 1 amide bonds. The normalized spacial score (nSPS) is 12.2. The first-order valence-corrected chi connectivity index (χ1v) is 6.08. The molecule has 1 aromatic carbocycles. The van der Waals surface area contributed by atoms with Crippen molar-refractivity contribution >= 4 is 21.4 Å². The number of para-hydroxylation sites is 1. The van der Waals surface area contributed by atoms with Gasteiger partial charge in [0.2, 0.25) is 9.84 Å². The van der Waals surface area contributed by atoms with E-state index in [0.29, 0.717) is 6.26 Å². The summed E-state index contributed by atoms with van der Waals surface area (Å²) in [6.45, 7) is 0. The van der Waals surface area contributed by atoms with Crippen LogP contribution in [0.1, 0.15) is 0 Å². The summed E-state index contributed by atoms with van der Waals surface area (Å²) in [4.78, 5) is 11.0. The Kier molecular flexibility index (Phi) is 3.27. The lowest BCUT2D eigenvalue weighted by Gasteiger charge is -2.13. The molecule has 0 aliphatic heterocycles. The highest BCUT2D eigenvalue weighted by molar-refractivity contribution is 7.92. The van der Waals surface area contributed by atoms with Gasteiger partial charge in [-0.15, -0.1) is 0 Å². The number of halogens is 2. The zero-order valence-electron chi connectivity index (χ0n) is 8.28. The maximum atomic E-state index is 13.0. The number of hydrogen-bond donors (Lipinski definition) is 1. The summed E-state index contributed by atoms with van der Waals surface area (Å²) in [7, 11) is -4.77. The maximum Gasteiger partial charge on any atom is 0.421 e. The van der Waals surface area contributed by atoms with Crippen molar-refractivity contribution in [2.75, 3.05) is 11.6 Å². The minimum absolute atomic E-state index is 0.107. The zero-order valence-corrected chi connectivity index (χ0v) is 9.09. The van der Waals surface area contributed by atoms with E-state index in [-0.39, 0.29) is 5.69 Å². The molecule has 0 aliphatic carbocycles. The molecule has 0 saturated heterocycles. The van der Waals surface area contributed by atoms with Gasteiger partial charge < -0.3 is 5.32 Å². The monoisotopic (exact) mass is 249 g/mol. The summed E-state index contributed by atoms with van der Waals surface area (Å²) >= 11 is 0. The topological polar surface area (TPSA) is 63.2 Å². The Morgan fingerprint density at radius 1 is 1.25 bits per heavy atom. The van der Waals surface area contributed by atoms with Crippen molar-refractivity contribution in [2.45, 2.75) is 5.25 Å². The predicted octanol–water partition coefficient (Wildman–Crippen LogP) is 1.26. The lowest BCUT2D eigenvalue weighted by atomic mass is 10.3. The molecule has 0 fully saturated rings. The second-order valence-electron chi connectivity index (χ2n) is 3.11. The Labute approximate surface area is 91.2 Å². The number of nitrogens with one attached hydrogen (secondary N) is 1. The van der Waals surface area contributed by atoms with Crippen molar-refractivity contribution in [1.29, 1.82) is 0 Å². The SMILES string of the molecule is CS(=O)(=O)C(F)(F)C(=O)Nc1ccccc1. The molecule has 88 valence electrons. The molecule has 0 aliphatic rings. The highest BCUT2D eigenvalue weighted by atomic mass is 32.2. The molecule has 0 heterocycles. The third-order valence-corrected chi connectivity index (χ3v) is 2.88. The lowest BCUT2D eigenvalue weighted by molar-refractivity contribution is -0.129. The molecule has 0 unspecified atom stereocenters. The van der Waals surface area contributed by atoms with Gasteiger partial charge in [-0.1, -0.05) is 18.2 Å².